The summed E-state index contributed by atoms with van der Waals surface area (Å²) in [4.78, 5) is 66.6. The van der Waals surface area contributed by atoms with Gasteiger partial charge in [0.05, 0.1) is 6.61 Å². The zero-order valence-electron chi connectivity index (χ0n) is 22.2. The molecule has 46 heavy (non-hydrogen) atoms. The molecule has 1 aliphatic heterocycles. The number of nitrogens with zero attached hydrogens (tertiary/aromatic N) is 5. The predicted molar refractivity (Wildman–Crippen MR) is 139 cm³/mol. The summed E-state index contributed by atoms with van der Waals surface area (Å²) in [6, 6.07) is 1.18. The lowest BCUT2D eigenvalue weighted by molar-refractivity contribution is -0.0451. The fraction of sp³-hybridized carbons (Fsp3) is 0.389. The van der Waals surface area contributed by atoms with Gasteiger partial charge in [-0.15, -0.1) is 0 Å². The van der Waals surface area contributed by atoms with Crippen LogP contribution in [0.1, 0.15) is 23.0 Å². The minimum absolute atomic E-state index is 0.134. The molecular weight excluding hydrogens is 707 g/mol. The number of hydrogen-bond acceptors (Lipinski definition) is 13. The maximum Gasteiger partial charge on any atom is 0.490 e. The van der Waals surface area contributed by atoms with Gasteiger partial charge in [0.2, 0.25) is 0 Å². The molecule has 1 amide bonds. The number of carbonyl (C=O) groups is 1. The number of aliphatic hydroxyl groups excluding tert-OH is 1. The van der Waals surface area contributed by atoms with Crippen molar-refractivity contribution in [2.75, 3.05) is 25.0 Å². The van der Waals surface area contributed by atoms with Crippen molar-refractivity contribution >= 4 is 40.9 Å². The van der Waals surface area contributed by atoms with E-state index in [4.69, 9.17) is 20.1 Å². The lowest BCUT2D eigenvalue weighted by atomic mass is 10.1. The molecule has 1 aromatic carbocycles. The Hall–Kier alpha value is -3.27. The molecule has 1 aromatic heterocycles. The number of carbonyl (C=O) groups excluding carboxylic acids is 1. The summed E-state index contributed by atoms with van der Waals surface area (Å²) in [5.41, 5.74) is 4.01. The standard InChI is InChI=1S/C18H20F4N7O14P3/c19-12-11(13(20)15(22)16(14(12)21)27-28-23)17(31)25-3-2-24-9-1-4-29(18(32)26-9)10-5-7(8(6-30)40-10)41-45(36,37)43-46(38,39)42-44(33,34)35/h1,4,7-8,10,30H,2-3,5-6H2,(H,25,31)(H,36,37)(H,38,39)(H,24,26,32)(H2,33,34,35)/t7-,8+,10+/m0/s1. The molecule has 0 bridgehead atoms. The fourth-order valence-electron chi connectivity index (χ4n) is 3.75. The Bertz CT molecular complexity index is 1730. The number of benzene rings is 1. The monoisotopic (exact) mass is 727 g/mol. The van der Waals surface area contributed by atoms with E-state index in [0.29, 0.717) is 0 Å². The predicted octanol–water partition coefficient (Wildman–Crippen LogP) is 1.58. The van der Waals surface area contributed by atoms with Crippen LogP contribution in [0.5, 0.6) is 0 Å². The van der Waals surface area contributed by atoms with Crippen LogP contribution in [0, 0.1) is 23.3 Å². The van der Waals surface area contributed by atoms with E-state index < -0.39 is 108 Å². The number of aromatic nitrogens is 2. The fourth-order valence-corrected chi connectivity index (χ4v) is 6.98. The second-order valence-corrected chi connectivity index (χ2v) is 13.0. The Morgan fingerprint density at radius 3 is 2.26 bits per heavy atom. The zero-order chi connectivity index (χ0) is 34.6. The van der Waals surface area contributed by atoms with Crippen molar-refractivity contribution < 1.29 is 78.6 Å². The molecule has 0 aliphatic carbocycles. The van der Waals surface area contributed by atoms with Gasteiger partial charge in [0.25, 0.3) is 5.91 Å². The summed E-state index contributed by atoms with van der Waals surface area (Å²) in [5.74, 6) is -10.1. The average molecular weight is 727 g/mol. The van der Waals surface area contributed by atoms with Crippen molar-refractivity contribution in [3.63, 3.8) is 0 Å². The van der Waals surface area contributed by atoms with E-state index in [1.807, 2.05) is 10.2 Å². The van der Waals surface area contributed by atoms with Crippen LogP contribution in [-0.4, -0.2) is 72.0 Å². The molecule has 7 N–H and O–H groups in total. The summed E-state index contributed by atoms with van der Waals surface area (Å²) in [5, 5.41) is 16.5. The number of hydrogen-bond donors (Lipinski definition) is 7. The Kier molecular flexibility index (Phi) is 11.8. The first-order chi connectivity index (χ1) is 21.3. The SMILES string of the molecule is [N-]=[N+]=Nc1c(F)c(F)c(C(=O)NCCNc2ccn([C@H]3C[C@H](OP(=O)(O)OP(=O)(O)OP(=O)(O)O)[C@@H](CO)O3)c(=O)n2)c(F)c1F. The third kappa shape index (κ3) is 9.39. The van der Waals surface area contributed by atoms with Crippen LogP contribution >= 0.6 is 23.5 Å². The second-order valence-electron chi connectivity index (χ2n) is 8.64. The van der Waals surface area contributed by atoms with Gasteiger partial charge in [-0.3, -0.25) is 13.9 Å². The maximum absolute atomic E-state index is 14.1. The van der Waals surface area contributed by atoms with Gasteiger partial charge in [-0.2, -0.15) is 13.6 Å². The van der Waals surface area contributed by atoms with Gasteiger partial charge in [0, 0.05) is 30.6 Å². The van der Waals surface area contributed by atoms with Crippen LogP contribution in [0.15, 0.2) is 22.2 Å². The molecule has 21 nitrogen and oxygen atoms in total. The van der Waals surface area contributed by atoms with Crippen LogP contribution in [0.3, 0.4) is 0 Å². The summed E-state index contributed by atoms with van der Waals surface area (Å²) >= 11 is 0. The molecule has 28 heteroatoms. The lowest BCUT2D eigenvalue weighted by Gasteiger charge is -2.21. The van der Waals surface area contributed by atoms with Gasteiger partial charge in [-0.1, -0.05) is 5.11 Å². The normalized spacial score (nSPS) is 20.8. The van der Waals surface area contributed by atoms with E-state index in [0.717, 1.165) is 10.8 Å². The van der Waals surface area contributed by atoms with E-state index in [9.17, 15) is 55.7 Å². The third-order valence-electron chi connectivity index (χ3n) is 5.51. The number of phosphoric ester groups is 1. The molecule has 0 spiro atoms. The molecule has 2 unspecified atom stereocenters. The number of halogens is 4. The third-order valence-corrected chi connectivity index (χ3v) is 9.38. The smallest absolute Gasteiger partial charge is 0.394 e. The summed E-state index contributed by atoms with van der Waals surface area (Å²) in [6.07, 6.45) is -3.74. The second kappa shape index (κ2) is 14.7. The van der Waals surface area contributed by atoms with Gasteiger partial charge in [-0.05, 0) is 11.6 Å². The first-order valence-corrected chi connectivity index (χ1v) is 16.4. The lowest BCUT2D eigenvalue weighted by Crippen LogP contribution is -2.32. The largest absolute Gasteiger partial charge is 0.490 e. The molecule has 3 rings (SSSR count). The van der Waals surface area contributed by atoms with Crippen LogP contribution in [-0.2, 0) is 31.6 Å². The first-order valence-electron chi connectivity index (χ1n) is 11.9. The Morgan fingerprint density at radius 2 is 1.72 bits per heavy atom. The average Bonchev–Trinajstić information content (AvgIpc) is 3.31. The topological polar surface area (TPSA) is 314 Å². The van der Waals surface area contributed by atoms with E-state index in [2.05, 4.69) is 28.6 Å². The molecule has 0 saturated carbocycles. The zero-order valence-corrected chi connectivity index (χ0v) is 24.9. The molecule has 2 aromatic rings. The van der Waals surface area contributed by atoms with Crippen molar-refractivity contribution in [2.45, 2.75) is 24.9 Å². The van der Waals surface area contributed by atoms with Crippen molar-refractivity contribution in [3.05, 3.63) is 62.0 Å². The van der Waals surface area contributed by atoms with Gasteiger partial charge < -0.3 is 40.1 Å². The van der Waals surface area contributed by atoms with Crippen molar-refractivity contribution in [1.29, 1.82) is 0 Å². The van der Waals surface area contributed by atoms with Crippen LogP contribution < -0.4 is 16.3 Å². The van der Waals surface area contributed by atoms with Crippen molar-refractivity contribution in [2.24, 2.45) is 5.11 Å². The Balaban J connectivity index is 1.61. The number of aliphatic hydroxyl groups is 1. The van der Waals surface area contributed by atoms with Crippen LogP contribution in [0.25, 0.3) is 10.4 Å². The number of anilines is 1. The van der Waals surface area contributed by atoms with Gasteiger partial charge in [0.15, 0.2) is 23.3 Å². The molecule has 254 valence electrons. The van der Waals surface area contributed by atoms with E-state index in [1.54, 1.807) is 0 Å². The van der Waals surface area contributed by atoms with Gasteiger partial charge in [-0.25, -0.2) is 36.1 Å². The van der Waals surface area contributed by atoms with Crippen LogP contribution in [0.2, 0.25) is 0 Å². The molecule has 0 radical (unpaired) electrons. The number of nitrogens with one attached hydrogen (secondary N) is 2. The van der Waals surface area contributed by atoms with E-state index in [1.165, 1.54) is 6.07 Å². The summed E-state index contributed by atoms with van der Waals surface area (Å²) in [7, 11) is -17.1. The molecule has 2 heterocycles. The number of phosphoric acid groups is 3. The molecule has 5 atom stereocenters. The van der Waals surface area contributed by atoms with Gasteiger partial charge >= 0.3 is 29.2 Å². The highest BCUT2D eigenvalue weighted by atomic mass is 31.3. The number of amides is 1. The van der Waals surface area contributed by atoms with Crippen LogP contribution in [0.4, 0.5) is 29.1 Å². The highest BCUT2D eigenvalue weighted by Crippen LogP contribution is 2.67. The highest BCUT2D eigenvalue weighted by molar-refractivity contribution is 7.66. The van der Waals surface area contributed by atoms with E-state index in [-0.39, 0.29) is 12.4 Å². The Labute approximate surface area is 251 Å². The first kappa shape index (κ1) is 37.2. The molecule has 1 aliphatic rings. The summed E-state index contributed by atoms with van der Waals surface area (Å²) in [6.45, 7) is -1.58. The quantitative estimate of drug-likeness (QED) is 0.0276. The molecule has 1 fully saturated rings. The van der Waals surface area contributed by atoms with E-state index >= 15 is 0 Å². The highest BCUT2D eigenvalue weighted by Gasteiger charge is 2.46. The Morgan fingerprint density at radius 1 is 1.09 bits per heavy atom. The summed E-state index contributed by atoms with van der Waals surface area (Å²) < 4.78 is 109. The minimum Gasteiger partial charge on any atom is -0.394 e. The van der Waals surface area contributed by atoms with Crippen molar-refractivity contribution in [1.82, 2.24) is 14.9 Å². The van der Waals surface area contributed by atoms with Crippen molar-refractivity contribution in [3.8, 4) is 0 Å². The number of azide groups is 1. The number of ether oxygens (including phenoxy) is 1. The molecule has 1 saturated heterocycles. The maximum atomic E-state index is 14.1. The minimum atomic E-state index is -5.83. The van der Waals surface area contributed by atoms with Gasteiger partial charge in [0.1, 0.15) is 35.5 Å². The molecular formula is C18H20F4N7O14P3. The number of rotatable bonds is 14.